The van der Waals surface area contributed by atoms with Crippen LogP contribution in [0, 0.1) is 0 Å². The number of Topliss-reactive ketones (excluding diaryl/α,β-unsaturated/α-hetero) is 1. The van der Waals surface area contributed by atoms with Crippen molar-refractivity contribution in [3.8, 4) is 0 Å². The highest BCUT2D eigenvalue weighted by Gasteiger charge is 2.09. The second-order valence-electron chi connectivity index (χ2n) is 3.92. The quantitative estimate of drug-likeness (QED) is 0.650. The van der Waals surface area contributed by atoms with E-state index in [4.69, 9.17) is 0 Å². The zero-order valence-electron chi connectivity index (χ0n) is 10.2. The minimum absolute atomic E-state index is 0.273. The van der Waals surface area contributed by atoms with Gasteiger partial charge in [0.05, 0.1) is 0 Å². The van der Waals surface area contributed by atoms with Crippen molar-refractivity contribution in [3.05, 3.63) is 42.0 Å². The normalized spacial score (nSPS) is 11.5. The first-order chi connectivity index (χ1) is 7.79. The molecule has 0 atom stereocenters. The first-order valence-electron chi connectivity index (χ1n) is 6.08. The minimum atomic E-state index is 0.273. The summed E-state index contributed by atoms with van der Waals surface area (Å²) in [5.41, 5.74) is 1.93. The van der Waals surface area contributed by atoms with E-state index in [1.54, 1.807) is 0 Å². The van der Waals surface area contributed by atoms with Crippen LogP contribution in [0.1, 0.15) is 45.1 Å². The molecule has 0 amide bonds. The summed E-state index contributed by atoms with van der Waals surface area (Å²) in [5.74, 6) is 0.273. The van der Waals surface area contributed by atoms with E-state index >= 15 is 0 Å². The fraction of sp³-hybridized carbons (Fsp3) is 0.400. The van der Waals surface area contributed by atoms with E-state index in [-0.39, 0.29) is 5.78 Å². The Morgan fingerprint density at radius 1 is 1.19 bits per heavy atom. The van der Waals surface area contributed by atoms with Crippen LogP contribution in [-0.2, 0) is 4.79 Å². The smallest absolute Gasteiger partial charge is 0.163 e. The highest BCUT2D eigenvalue weighted by atomic mass is 16.1. The zero-order valence-corrected chi connectivity index (χ0v) is 10.2. The average Bonchev–Trinajstić information content (AvgIpc) is 2.34. The van der Waals surface area contributed by atoms with Gasteiger partial charge in [0, 0.05) is 12.0 Å². The molecule has 1 nitrogen and oxygen atoms in total. The Kier molecular flexibility index (Phi) is 5.55. The van der Waals surface area contributed by atoms with Gasteiger partial charge in [-0.1, -0.05) is 56.7 Å². The molecular weight excluding hydrogens is 196 g/mol. The van der Waals surface area contributed by atoms with Crippen LogP contribution in [0.15, 0.2) is 36.4 Å². The molecule has 0 N–H and O–H groups in total. The first-order valence-corrected chi connectivity index (χ1v) is 6.08. The lowest BCUT2D eigenvalue weighted by Crippen LogP contribution is -2.01. The molecule has 1 aromatic rings. The second kappa shape index (κ2) is 7.00. The average molecular weight is 216 g/mol. The monoisotopic (exact) mass is 216 g/mol. The Morgan fingerprint density at radius 3 is 2.44 bits per heavy atom. The molecule has 0 saturated heterocycles. The third-order valence-corrected chi connectivity index (χ3v) is 2.55. The number of allylic oxidation sites excluding steroid dienone is 2. The number of rotatable bonds is 6. The number of hydrogen-bond donors (Lipinski definition) is 0. The molecule has 0 heterocycles. The molecule has 0 bridgehead atoms. The van der Waals surface area contributed by atoms with Crippen LogP contribution in [0.3, 0.4) is 0 Å². The van der Waals surface area contributed by atoms with Crippen molar-refractivity contribution in [2.75, 3.05) is 0 Å². The topological polar surface area (TPSA) is 17.1 Å². The molecule has 0 aliphatic heterocycles. The van der Waals surface area contributed by atoms with Gasteiger partial charge in [0.15, 0.2) is 5.78 Å². The number of carbonyl (C=O) groups is 1. The number of benzene rings is 1. The van der Waals surface area contributed by atoms with Crippen molar-refractivity contribution in [2.45, 2.75) is 39.5 Å². The Bertz CT molecular complexity index is 349. The Morgan fingerprint density at radius 2 is 1.88 bits per heavy atom. The fourth-order valence-corrected chi connectivity index (χ4v) is 1.69. The highest BCUT2D eigenvalue weighted by Crippen LogP contribution is 2.18. The number of unbranched alkanes of at least 4 members (excludes halogenated alkanes) is 1. The van der Waals surface area contributed by atoms with Crippen LogP contribution in [0.2, 0.25) is 0 Å². The summed E-state index contributed by atoms with van der Waals surface area (Å²) in [7, 11) is 0. The molecular formula is C15H20O. The Balaban J connectivity index is 2.84. The molecule has 0 aromatic heterocycles. The van der Waals surface area contributed by atoms with Crippen molar-refractivity contribution < 1.29 is 4.79 Å². The maximum absolute atomic E-state index is 12.0. The van der Waals surface area contributed by atoms with E-state index in [0.717, 1.165) is 30.4 Å². The van der Waals surface area contributed by atoms with Crippen LogP contribution >= 0.6 is 0 Å². The maximum Gasteiger partial charge on any atom is 0.163 e. The molecule has 1 heteroatoms. The minimum Gasteiger partial charge on any atom is -0.294 e. The Hall–Kier alpha value is -1.37. The molecule has 0 spiro atoms. The van der Waals surface area contributed by atoms with Gasteiger partial charge in [0.1, 0.15) is 0 Å². The summed E-state index contributed by atoms with van der Waals surface area (Å²) in [6.07, 6.45) is 5.65. The first kappa shape index (κ1) is 12.7. The molecule has 1 rings (SSSR count). The van der Waals surface area contributed by atoms with Crippen LogP contribution in [0.5, 0.6) is 0 Å². The van der Waals surface area contributed by atoms with Gasteiger partial charge < -0.3 is 0 Å². The fourth-order valence-electron chi connectivity index (χ4n) is 1.69. The highest BCUT2D eigenvalue weighted by molar-refractivity contribution is 6.20. The van der Waals surface area contributed by atoms with Gasteiger partial charge in [-0.05, 0) is 18.4 Å². The van der Waals surface area contributed by atoms with E-state index in [1.807, 2.05) is 36.4 Å². The standard InChI is InChI=1S/C15H20O/c1-3-5-12-15(16)14(9-4-2)13-10-7-6-8-11-13/h6-11H,3-5,12H2,1-2H3/b14-9+. The van der Waals surface area contributed by atoms with Gasteiger partial charge in [0.25, 0.3) is 0 Å². The van der Waals surface area contributed by atoms with Crippen LogP contribution in [-0.4, -0.2) is 5.78 Å². The maximum atomic E-state index is 12.0. The largest absolute Gasteiger partial charge is 0.294 e. The lowest BCUT2D eigenvalue weighted by atomic mass is 9.97. The van der Waals surface area contributed by atoms with Crippen molar-refractivity contribution >= 4 is 11.4 Å². The predicted molar refractivity (Wildman–Crippen MR) is 69.2 cm³/mol. The van der Waals surface area contributed by atoms with E-state index in [2.05, 4.69) is 13.8 Å². The van der Waals surface area contributed by atoms with Crippen LogP contribution in [0.25, 0.3) is 5.57 Å². The summed E-state index contributed by atoms with van der Waals surface area (Å²) < 4.78 is 0. The zero-order chi connectivity index (χ0) is 11.8. The number of ketones is 1. The molecule has 1 aromatic carbocycles. The summed E-state index contributed by atoms with van der Waals surface area (Å²) in [4.78, 5) is 12.0. The van der Waals surface area contributed by atoms with Crippen molar-refractivity contribution in [2.24, 2.45) is 0 Å². The van der Waals surface area contributed by atoms with Gasteiger partial charge in [-0.3, -0.25) is 4.79 Å². The van der Waals surface area contributed by atoms with Gasteiger partial charge in [-0.15, -0.1) is 0 Å². The van der Waals surface area contributed by atoms with Crippen molar-refractivity contribution in [1.82, 2.24) is 0 Å². The van der Waals surface area contributed by atoms with Gasteiger partial charge >= 0.3 is 0 Å². The predicted octanol–water partition coefficient (Wildman–Crippen LogP) is 4.24. The third kappa shape index (κ3) is 3.65. The molecule has 0 saturated carbocycles. The SMILES string of the molecule is CC/C=C(/C(=O)CCCC)c1ccccc1. The van der Waals surface area contributed by atoms with Gasteiger partial charge in [0.2, 0.25) is 0 Å². The summed E-state index contributed by atoms with van der Waals surface area (Å²) >= 11 is 0. The van der Waals surface area contributed by atoms with E-state index < -0.39 is 0 Å². The van der Waals surface area contributed by atoms with E-state index in [0.29, 0.717) is 6.42 Å². The van der Waals surface area contributed by atoms with Crippen molar-refractivity contribution in [3.63, 3.8) is 0 Å². The molecule has 0 unspecified atom stereocenters. The lowest BCUT2D eigenvalue weighted by Gasteiger charge is -2.06. The van der Waals surface area contributed by atoms with E-state index in [9.17, 15) is 4.79 Å². The molecule has 0 aliphatic carbocycles. The van der Waals surface area contributed by atoms with Crippen molar-refractivity contribution in [1.29, 1.82) is 0 Å². The lowest BCUT2D eigenvalue weighted by molar-refractivity contribution is -0.113. The third-order valence-electron chi connectivity index (χ3n) is 2.55. The van der Waals surface area contributed by atoms with Crippen LogP contribution < -0.4 is 0 Å². The van der Waals surface area contributed by atoms with E-state index in [1.165, 1.54) is 0 Å². The summed E-state index contributed by atoms with van der Waals surface area (Å²) in [5, 5.41) is 0. The number of hydrogen-bond acceptors (Lipinski definition) is 1. The van der Waals surface area contributed by atoms with Gasteiger partial charge in [-0.2, -0.15) is 0 Å². The Labute approximate surface area is 98.2 Å². The summed E-state index contributed by atoms with van der Waals surface area (Å²) in [6.45, 7) is 4.18. The number of carbonyl (C=O) groups excluding carboxylic acids is 1. The second-order valence-corrected chi connectivity index (χ2v) is 3.92. The molecule has 0 radical (unpaired) electrons. The molecule has 86 valence electrons. The molecule has 16 heavy (non-hydrogen) atoms. The molecule has 0 aliphatic rings. The molecule has 0 fully saturated rings. The summed E-state index contributed by atoms with van der Waals surface area (Å²) in [6, 6.07) is 9.94. The van der Waals surface area contributed by atoms with Gasteiger partial charge in [-0.25, -0.2) is 0 Å². The van der Waals surface area contributed by atoms with Crippen LogP contribution in [0.4, 0.5) is 0 Å².